The van der Waals surface area contributed by atoms with E-state index in [2.05, 4.69) is 19.9 Å². The summed E-state index contributed by atoms with van der Waals surface area (Å²) < 4.78 is 6.44. The summed E-state index contributed by atoms with van der Waals surface area (Å²) in [4.78, 5) is 16.4. The molecule has 0 aliphatic carbocycles. The van der Waals surface area contributed by atoms with Crippen LogP contribution in [0.1, 0.15) is 0 Å². The zero-order valence-electron chi connectivity index (χ0n) is 10.5. The number of ether oxygens (including phenoxy) is 1. The molecule has 1 aliphatic rings. The lowest BCUT2D eigenvalue weighted by Gasteiger charge is -2.28. The first kappa shape index (κ1) is 12.3. The van der Waals surface area contributed by atoms with Gasteiger partial charge in [-0.2, -0.15) is 4.98 Å². The Balaban J connectivity index is 1.99. The Morgan fingerprint density at radius 1 is 1.25 bits per heavy atom. The highest BCUT2D eigenvalue weighted by atomic mass is 35.5. The molecule has 7 heteroatoms. The molecule has 0 radical (unpaired) electrons. The Bertz CT molecular complexity index is 784. The number of anilines is 1. The topological polar surface area (TPSA) is 51.1 Å². The Morgan fingerprint density at radius 2 is 2.10 bits per heavy atom. The fourth-order valence-electron chi connectivity index (χ4n) is 2.43. The van der Waals surface area contributed by atoms with Crippen LogP contribution in [0.4, 0.5) is 5.82 Å². The van der Waals surface area contributed by atoms with Crippen molar-refractivity contribution < 1.29 is 4.74 Å². The van der Waals surface area contributed by atoms with E-state index in [1.165, 1.54) is 0 Å². The summed E-state index contributed by atoms with van der Waals surface area (Å²) in [6.45, 7) is 3.08. The molecular weight excluding hydrogens is 296 g/mol. The molecule has 1 fully saturated rings. The summed E-state index contributed by atoms with van der Waals surface area (Å²) in [5.41, 5.74) is 0.889. The highest BCUT2D eigenvalue weighted by Crippen LogP contribution is 2.37. The van der Waals surface area contributed by atoms with Gasteiger partial charge in [0.15, 0.2) is 5.82 Å². The molecule has 4 heterocycles. The highest BCUT2D eigenvalue weighted by molar-refractivity contribution is 7.25. The summed E-state index contributed by atoms with van der Waals surface area (Å²) in [6.07, 6.45) is 1.79. The van der Waals surface area contributed by atoms with Crippen molar-refractivity contribution in [1.82, 2.24) is 15.0 Å². The molecule has 1 saturated heterocycles. The van der Waals surface area contributed by atoms with Crippen LogP contribution < -0.4 is 4.90 Å². The number of thiophene rings is 1. The van der Waals surface area contributed by atoms with E-state index < -0.39 is 0 Å². The maximum Gasteiger partial charge on any atom is 0.224 e. The molecule has 102 valence electrons. The summed E-state index contributed by atoms with van der Waals surface area (Å²) in [6, 6.07) is 3.94. The van der Waals surface area contributed by atoms with E-state index in [1.54, 1.807) is 17.5 Å². The van der Waals surface area contributed by atoms with Crippen LogP contribution in [0.3, 0.4) is 0 Å². The fraction of sp³-hybridized carbons (Fsp3) is 0.308. The number of aromatic nitrogens is 3. The van der Waals surface area contributed by atoms with E-state index in [-0.39, 0.29) is 5.28 Å². The predicted molar refractivity (Wildman–Crippen MR) is 80.8 cm³/mol. The second-order valence-electron chi connectivity index (χ2n) is 4.55. The Kier molecular flexibility index (Phi) is 2.94. The van der Waals surface area contributed by atoms with Gasteiger partial charge >= 0.3 is 0 Å². The Morgan fingerprint density at radius 3 is 2.95 bits per heavy atom. The van der Waals surface area contributed by atoms with Gasteiger partial charge in [-0.25, -0.2) is 9.97 Å². The fourth-order valence-corrected chi connectivity index (χ4v) is 3.69. The molecule has 0 N–H and O–H groups in total. The van der Waals surface area contributed by atoms with Crippen LogP contribution in [0.15, 0.2) is 18.3 Å². The summed E-state index contributed by atoms with van der Waals surface area (Å²) in [7, 11) is 0. The lowest BCUT2D eigenvalue weighted by Crippen LogP contribution is -2.36. The van der Waals surface area contributed by atoms with Crippen LogP contribution in [0.25, 0.3) is 20.4 Å². The van der Waals surface area contributed by atoms with Gasteiger partial charge in [0.2, 0.25) is 5.28 Å². The highest BCUT2D eigenvalue weighted by Gasteiger charge is 2.20. The molecule has 3 aromatic rings. The van der Waals surface area contributed by atoms with Gasteiger partial charge in [-0.15, -0.1) is 11.3 Å². The van der Waals surface area contributed by atoms with Crippen LogP contribution in [0.2, 0.25) is 5.28 Å². The average Bonchev–Trinajstić information content (AvgIpc) is 2.86. The molecule has 0 aromatic carbocycles. The van der Waals surface area contributed by atoms with E-state index in [4.69, 9.17) is 16.3 Å². The van der Waals surface area contributed by atoms with Crippen molar-refractivity contribution in [3.8, 4) is 0 Å². The maximum absolute atomic E-state index is 6.10. The van der Waals surface area contributed by atoms with Crippen LogP contribution in [0, 0.1) is 0 Å². The number of hydrogen-bond donors (Lipinski definition) is 0. The van der Waals surface area contributed by atoms with Gasteiger partial charge in [0.25, 0.3) is 0 Å². The second-order valence-corrected chi connectivity index (χ2v) is 5.89. The number of rotatable bonds is 1. The van der Waals surface area contributed by atoms with Gasteiger partial charge in [0.1, 0.15) is 4.83 Å². The molecule has 0 amide bonds. The minimum atomic E-state index is 0.280. The van der Waals surface area contributed by atoms with Gasteiger partial charge in [0, 0.05) is 24.7 Å². The predicted octanol–water partition coefficient (Wildman–Crippen LogP) is 2.73. The molecule has 0 bridgehead atoms. The van der Waals surface area contributed by atoms with Gasteiger partial charge in [0.05, 0.1) is 23.4 Å². The minimum absolute atomic E-state index is 0.280. The van der Waals surface area contributed by atoms with Gasteiger partial charge in [-0.3, -0.25) is 0 Å². The first-order valence-electron chi connectivity index (χ1n) is 6.36. The number of morpholine rings is 1. The van der Waals surface area contributed by atoms with Crippen LogP contribution in [0.5, 0.6) is 0 Å². The number of fused-ring (bicyclic) bond motifs is 3. The summed E-state index contributed by atoms with van der Waals surface area (Å²) >= 11 is 7.72. The number of halogens is 1. The van der Waals surface area contributed by atoms with Crippen molar-refractivity contribution in [2.75, 3.05) is 31.2 Å². The monoisotopic (exact) mass is 306 g/mol. The van der Waals surface area contributed by atoms with Crippen molar-refractivity contribution >= 4 is 49.2 Å². The van der Waals surface area contributed by atoms with Crippen LogP contribution in [-0.4, -0.2) is 41.3 Å². The molecule has 20 heavy (non-hydrogen) atoms. The molecule has 5 nitrogen and oxygen atoms in total. The first-order valence-corrected chi connectivity index (χ1v) is 7.56. The van der Waals surface area contributed by atoms with E-state index in [0.29, 0.717) is 13.2 Å². The third-order valence-corrected chi connectivity index (χ3v) is 4.62. The lowest BCUT2D eigenvalue weighted by atomic mass is 10.3. The van der Waals surface area contributed by atoms with Crippen molar-refractivity contribution in [1.29, 1.82) is 0 Å². The summed E-state index contributed by atoms with van der Waals surface area (Å²) in [5.74, 6) is 0.895. The number of hydrogen-bond acceptors (Lipinski definition) is 6. The second kappa shape index (κ2) is 4.80. The molecule has 1 aliphatic heterocycles. The molecule has 0 saturated carbocycles. The SMILES string of the molecule is Clc1nc(N2CCOCC2)c2sc3ncccc3c2n1. The lowest BCUT2D eigenvalue weighted by molar-refractivity contribution is 0.122. The number of nitrogens with zero attached hydrogens (tertiary/aromatic N) is 4. The van der Waals surface area contributed by atoms with E-state index in [9.17, 15) is 0 Å². The van der Waals surface area contributed by atoms with Crippen LogP contribution >= 0.6 is 22.9 Å². The van der Waals surface area contributed by atoms with E-state index >= 15 is 0 Å². The smallest absolute Gasteiger partial charge is 0.224 e. The minimum Gasteiger partial charge on any atom is -0.378 e. The van der Waals surface area contributed by atoms with Gasteiger partial charge < -0.3 is 9.64 Å². The van der Waals surface area contributed by atoms with Crippen molar-refractivity contribution in [3.63, 3.8) is 0 Å². The third kappa shape index (κ3) is 1.91. The van der Waals surface area contributed by atoms with Crippen molar-refractivity contribution in [2.24, 2.45) is 0 Å². The molecular formula is C13H11ClN4OS. The zero-order chi connectivity index (χ0) is 13.5. The zero-order valence-corrected chi connectivity index (χ0v) is 12.1. The van der Waals surface area contributed by atoms with Crippen molar-refractivity contribution in [2.45, 2.75) is 0 Å². The Hall–Kier alpha value is -1.50. The van der Waals surface area contributed by atoms with E-state index in [0.717, 1.165) is 39.3 Å². The maximum atomic E-state index is 6.10. The van der Waals surface area contributed by atoms with Gasteiger partial charge in [-0.05, 0) is 23.7 Å². The van der Waals surface area contributed by atoms with Crippen molar-refractivity contribution in [3.05, 3.63) is 23.6 Å². The molecule has 0 spiro atoms. The average molecular weight is 307 g/mol. The van der Waals surface area contributed by atoms with Gasteiger partial charge in [-0.1, -0.05) is 0 Å². The molecule has 0 atom stereocenters. The quantitative estimate of drug-likeness (QED) is 0.647. The standard InChI is InChI=1S/C13H11ClN4OS/c14-13-16-9-8-2-1-3-15-12(8)20-10(9)11(17-13)18-4-6-19-7-5-18/h1-3H,4-7H2. The van der Waals surface area contributed by atoms with Crippen LogP contribution in [-0.2, 0) is 4.74 Å². The molecule has 4 rings (SSSR count). The third-order valence-electron chi connectivity index (χ3n) is 3.36. The first-order chi connectivity index (χ1) is 9.83. The normalized spacial score (nSPS) is 16.1. The van der Waals surface area contributed by atoms with E-state index in [1.807, 2.05) is 12.1 Å². The number of pyridine rings is 1. The Labute approximate surface area is 124 Å². The molecule has 3 aromatic heterocycles. The molecule has 0 unspecified atom stereocenters. The largest absolute Gasteiger partial charge is 0.378 e. The summed E-state index contributed by atoms with van der Waals surface area (Å²) in [5, 5.41) is 1.31.